The summed E-state index contributed by atoms with van der Waals surface area (Å²) in [5, 5.41) is 6.71. The molecule has 0 spiro atoms. The van der Waals surface area contributed by atoms with Crippen LogP contribution in [0.3, 0.4) is 0 Å². The summed E-state index contributed by atoms with van der Waals surface area (Å²) in [6.07, 6.45) is 8.16. The van der Waals surface area contributed by atoms with Gasteiger partial charge in [0.2, 0.25) is 5.91 Å². The van der Waals surface area contributed by atoms with E-state index in [0.717, 1.165) is 32.4 Å². The van der Waals surface area contributed by atoms with Gasteiger partial charge in [0.25, 0.3) is 0 Å². The molecular weight excluding hydrogens is 298 g/mol. The lowest BCUT2D eigenvalue weighted by molar-refractivity contribution is -0.124. The fourth-order valence-electron chi connectivity index (χ4n) is 4.82. The smallest absolute Gasteiger partial charge is 0.237 e. The fourth-order valence-corrected chi connectivity index (χ4v) is 4.82. The Labute approximate surface area is 145 Å². The van der Waals surface area contributed by atoms with Crippen LogP contribution < -0.4 is 10.6 Å². The summed E-state index contributed by atoms with van der Waals surface area (Å²) in [5.41, 5.74) is 1.41. The summed E-state index contributed by atoms with van der Waals surface area (Å²) < 4.78 is 0. The molecule has 0 saturated carbocycles. The van der Waals surface area contributed by atoms with E-state index >= 15 is 0 Å². The van der Waals surface area contributed by atoms with Crippen molar-refractivity contribution in [3.8, 4) is 0 Å². The molecule has 3 fully saturated rings. The molecule has 3 atom stereocenters. The Kier molecular flexibility index (Phi) is 4.86. The Morgan fingerprint density at radius 1 is 1.08 bits per heavy atom. The zero-order valence-electron chi connectivity index (χ0n) is 14.4. The molecule has 24 heavy (non-hydrogen) atoms. The van der Waals surface area contributed by atoms with Gasteiger partial charge in [-0.25, -0.2) is 0 Å². The zero-order valence-corrected chi connectivity index (χ0v) is 14.4. The maximum absolute atomic E-state index is 12.5. The van der Waals surface area contributed by atoms with Gasteiger partial charge in [0, 0.05) is 24.7 Å². The van der Waals surface area contributed by atoms with Crippen LogP contribution in [0.5, 0.6) is 0 Å². The molecule has 3 aliphatic rings. The topological polar surface area (TPSA) is 44.4 Å². The van der Waals surface area contributed by atoms with Gasteiger partial charge >= 0.3 is 0 Å². The summed E-state index contributed by atoms with van der Waals surface area (Å²) in [5.74, 6) is 0.232. The normalized spacial score (nSPS) is 33.3. The average molecular weight is 327 g/mol. The van der Waals surface area contributed by atoms with Crippen molar-refractivity contribution in [2.24, 2.45) is 0 Å². The van der Waals surface area contributed by atoms with Crippen LogP contribution in [0.15, 0.2) is 30.3 Å². The van der Waals surface area contributed by atoms with Crippen molar-refractivity contribution in [1.82, 2.24) is 15.5 Å². The van der Waals surface area contributed by atoms with E-state index in [9.17, 15) is 4.79 Å². The molecule has 1 amide bonds. The van der Waals surface area contributed by atoms with Gasteiger partial charge in [-0.15, -0.1) is 0 Å². The first-order valence-electron chi connectivity index (χ1n) is 9.63. The molecule has 0 radical (unpaired) electrons. The van der Waals surface area contributed by atoms with E-state index in [1.807, 2.05) is 0 Å². The third kappa shape index (κ3) is 3.50. The van der Waals surface area contributed by atoms with Crippen molar-refractivity contribution in [3.05, 3.63) is 35.9 Å². The fraction of sp³-hybridized carbons (Fsp3) is 0.650. The summed E-state index contributed by atoms with van der Waals surface area (Å²) in [4.78, 5) is 15.2. The van der Waals surface area contributed by atoms with Crippen molar-refractivity contribution >= 4 is 5.91 Å². The second kappa shape index (κ2) is 7.24. The number of rotatable bonds is 4. The minimum Gasteiger partial charge on any atom is -0.352 e. The largest absolute Gasteiger partial charge is 0.352 e. The minimum absolute atomic E-state index is 0.0405. The lowest BCUT2D eigenvalue weighted by Gasteiger charge is -2.39. The summed E-state index contributed by atoms with van der Waals surface area (Å²) in [6.45, 7) is 2.04. The predicted molar refractivity (Wildman–Crippen MR) is 95.6 cm³/mol. The van der Waals surface area contributed by atoms with Crippen LogP contribution in [0.25, 0.3) is 0 Å². The van der Waals surface area contributed by atoms with Crippen molar-refractivity contribution in [1.29, 1.82) is 0 Å². The van der Waals surface area contributed by atoms with Crippen LogP contribution in [0.2, 0.25) is 0 Å². The van der Waals surface area contributed by atoms with Crippen molar-refractivity contribution in [2.75, 3.05) is 6.54 Å². The first-order chi connectivity index (χ1) is 11.8. The molecule has 2 bridgehead atoms. The van der Waals surface area contributed by atoms with Crippen LogP contribution in [0.4, 0.5) is 0 Å². The molecule has 3 heterocycles. The highest BCUT2D eigenvalue weighted by Gasteiger charge is 2.41. The standard InChI is InChI=1S/C20H29N3O/c24-20(19-8-4-5-11-21-19)22-16-12-17-9-10-18(13-16)23(17)14-15-6-2-1-3-7-15/h1-3,6-7,16-19,21H,4-5,8-14H2,(H,22,24)/t16?,17?,18?,19-/m1/s1. The highest BCUT2D eigenvalue weighted by molar-refractivity contribution is 5.82. The van der Waals surface area contributed by atoms with Gasteiger partial charge in [0.05, 0.1) is 6.04 Å². The number of fused-ring (bicyclic) bond motifs is 2. The van der Waals surface area contributed by atoms with E-state index in [4.69, 9.17) is 0 Å². The Balaban J connectivity index is 1.33. The Morgan fingerprint density at radius 2 is 1.83 bits per heavy atom. The lowest BCUT2D eigenvalue weighted by atomic mass is 9.95. The Bertz CT molecular complexity index is 541. The van der Waals surface area contributed by atoms with Crippen molar-refractivity contribution in [3.63, 3.8) is 0 Å². The Hall–Kier alpha value is -1.39. The maximum atomic E-state index is 12.5. The molecule has 0 aromatic heterocycles. The molecular formula is C20H29N3O. The average Bonchev–Trinajstić information content (AvgIpc) is 2.86. The van der Waals surface area contributed by atoms with Gasteiger partial charge in [0.1, 0.15) is 0 Å². The first kappa shape index (κ1) is 16.1. The van der Waals surface area contributed by atoms with Gasteiger partial charge in [-0.1, -0.05) is 36.8 Å². The Morgan fingerprint density at radius 3 is 2.50 bits per heavy atom. The van der Waals surface area contributed by atoms with E-state index in [1.54, 1.807) is 0 Å². The zero-order chi connectivity index (χ0) is 16.4. The van der Waals surface area contributed by atoms with E-state index in [1.165, 1.54) is 31.2 Å². The molecule has 4 heteroatoms. The highest BCUT2D eigenvalue weighted by atomic mass is 16.2. The third-order valence-corrected chi connectivity index (χ3v) is 6.07. The van der Waals surface area contributed by atoms with E-state index in [0.29, 0.717) is 18.1 Å². The first-order valence-corrected chi connectivity index (χ1v) is 9.63. The van der Waals surface area contributed by atoms with Crippen LogP contribution in [-0.4, -0.2) is 41.5 Å². The van der Waals surface area contributed by atoms with Crippen LogP contribution in [-0.2, 0) is 11.3 Å². The molecule has 130 valence electrons. The molecule has 2 N–H and O–H groups in total. The van der Waals surface area contributed by atoms with Gasteiger partial charge < -0.3 is 10.6 Å². The van der Waals surface area contributed by atoms with Crippen molar-refractivity contribution < 1.29 is 4.79 Å². The predicted octanol–water partition coefficient (Wildman–Crippen LogP) is 2.44. The van der Waals surface area contributed by atoms with Crippen LogP contribution in [0.1, 0.15) is 50.5 Å². The van der Waals surface area contributed by atoms with Gasteiger partial charge in [-0.3, -0.25) is 9.69 Å². The molecule has 4 rings (SSSR count). The number of amides is 1. The summed E-state index contributed by atoms with van der Waals surface area (Å²) in [7, 11) is 0. The minimum atomic E-state index is 0.0405. The number of nitrogens with one attached hydrogen (secondary N) is 2. The van der Waals surface area contributed by atoms with Crippen molar-refractivity contribution in [2.45, 2.75) is 75.7 Å². The highest BCUT2D eigenvalue weighted by Crippen LogP contribution is 2.36. The summed E-state index contributed by atoms with van der Waals surface area (Å²) >= 11 is 0. The second-order valence-electron chi connectivity index (χ2n) is 7.72. The quantitative estimate of drug-likeness (QED) is 0.893. The van der Waals surface area contributed by atoms with Gasteiger partial charge in [-0.05, 0) is 50.6 Å². The molecule has 3 aliphatic heterocycles. The summed E-state index contributed by atoms with van der Waals surface area (Å²) in [6, 6.07) is 12.5. The number of hydrogen-bond donors (Lipinski definition) is 2. The molecule has 3 saturated heterocycles. The monoisotopic (exact) mass is 327 g/mol. The van der Waals surface area contributed by atoms with Crippen LogP contribution in [0, 0.1) is 0 Å². The number of nitrogens with zero attached hydrogens (tertiary/aromatic N) is 1. The van der Waals surface area contributed by atoms with E-state index in [2.05, 4.69) is 45.9 Å². The number of carbonyl (C=O) groups is 1. The van der Waals surface area contributed by atoms with E-state index < -0.39 is 0 Å². The number of carbonyl (C=O) groups excluding carboxylic acids is 1. The maximum Gasteiger partial charge on any atom is 0.237 e. The van der Waals surface area contributed by atoms with Gasteiger partial charge in [-0.2, -0.15) is 0 Å². The molecule has 2 unspecified atom stereocenters. The molecule has 1 aromatic rings. The molecule has 0 aliphatic carbocycles. The SMILES string of the molecule is O=C(NC1CC2CCC(C1)N2Cc1ccccc1)[C@H]1CCCCN1. The van der Waals surface area contributed by atoms with E-state index in [-0.39, 0.29) is 11.9 Å². The van der Waals surface area contributed by atoms with Crippen LogP contribution >= 0.6 is 0 Å². The number of benzene rings is 1. The third-order valence-electron chi connectivity index (χ3n) is 6.07. The number of hydrogen-bond acceptors (Lipinski definition) is 3. The second-order valence-corrected chi connectivity index (χ2v) is 7.72. The number of piperidine rings is 2. The van der Waals surface area contributed by atoms with Gasteiger partial charge in [0.15, 0.2) is 0 Å². The molecule has 4 nitrogen and oxygen atoms in total. The lowest BCUT2D eigenvalue weighted by Crippen LogP contribution is -2.54. The molecule has 1 aromatic carbocycles.